The Morgan fingerprint density at radius 3 is 2.33 bits per heavy atom. The highest BCUT2D eigenvalue weighted by Crippen LogP contribution is 2.31. The second-order valence-corrected chi connectivity index (χ2v) is 7.18. The maximum Gasteiger partial charge on any atom is 0.161 e. The van der Waals surface area contributed by atoms with E-state index in [1.165, 1.54) is 5.56 Å². The summed E-state index contributed by atoms with van der Waals surface area (Å²) in [6.45, 7) is 6.06. The summed E-state index contributed by atoms with van der Waals surface area (Å²) in [6, 6.07) is 12.5. The minimum Gasteiger partial charge on any atom is -0.495 e. The Kier molecular flexibility index (Phi) is 6.34. The van der Waals surface area contributed by atoms with Gasteiger partial charge in [-0.3, -0.25) is 4.90 Å². The Hall–Kier alpha value is -2.11. The molecule has 1 heterocycles. The molecule has 0 N–H and O–H groups in total. The fourth-order valence-corrected chi connectivity index (χ4v) is 3.72. The Morgan fingerprint density at radius 1 is 0.926 bits per heavy atom. The van der Waals surface area contributed by atoms with Gasteiger partial charge in [-0.25, -0.2) is 0 Å². The first-order valence-electron chi connectivity index (χ1n) is 9.09. The molecule has 1 aliphatic heterocycles. The topological polar surface area (TPSA) is 34.2 Å². The molecule has 1 fully saturated rings. The highest BCUT2D eigenvalue weighted by molar-refractivity contribution is 6.32. The van der Waals surface area contributed by atoms with E-state index in [1.54, 1.807) is 21.3 Å². The lowest BCUT2D eigenvalue weighted by Crippen LogP contribution is -2.51. The van der Waals surface area contributed by atoms with Crippen molar-refractivity contribution in [1.29, 1.82) is 0 Å². The van der Waals surface area contributed by atoms with E-state index in [1.807, 2.05) is 18.2 Å². The smallest absolute Gasteiger partial charge is 0.161 e. The van der Waals surface area contributed by atoms with Crippen LogP contribution < -0.4 is 19.1 Å². The van der Waals surface area contributed by atoms with Crippen LogP contribution in [0.15, 0.2) is 36.4 Å². The zero-order valence-corrected chi connectivity index (χ0v) is 17.1. The van der Waals surface area contributed by atoms with Crippen molar-refractivity contribution in [1.82, 2.24) is 4.90 Å². The first kappa shape index (κ1) is 19.6. The van der Waals surface area contributed by atoms with Crippen molar-refractivity contribution in [3.05, 3.63) is 47.0 Å². The van der Waals surface area contributed by atoms with Gasteiger partial charge in [-0.05, 0) is 36.8 Å². The van der Waals surface area contributed by atoms with Crippen molar-refractivity contribution in [2.75, 3.05) is 45.9 Å². The molecule has 0 bridgehead atoms. The van der Waals surface area contributed by atoms with E-state index in [-0.39, 0.29) is 0 Å². The summed E-state index contributed by atoms with van der Waals surface area (Å²) < 4.78 is 16.1. The Morgan fingerprint density at radius 2 is 1.67 bits per heavy atom. The molecule has 1 atom stereocenters. The average Bonchev–Trinajstić information content (AvgIpc) is 2.69. The molecule has 0 aromatic heterocycles. The molecule has 2 aromatic carbocycles. The summed E-state index contributed by atoms with van der Waals surface area (Å²) in [7, 11) is 4.97. The van der Waals surface area contributed by atoms with Crippen LogP contribution in [0.1, 0.15) is 12.5 Å². The van der Waals surface area contributed by atoms with Crippen LogP contribution in [0.25, 0.3) is 0 Å². The molecule has 3 rings (SSSR count). The molecule has 2 aromatic rings. The average molecular weight is 391 g/mol. The third-order valence-corrected chi connectivity index (χ3v) is 5.41. The number of benzene rings is 2. The standard InChI is InChI=1S/C21H27ClN2O3/c1-15-13-24(17-6-7-18(22)20(12-17)26-3)10-9-23(15)14-16-5-8-19(25-2)21(11-16)27-4/h5-8,11-12,15H,9-10,13-14H2,1-4H3/t15-/m0/s1. The van der Waals surface area contributed by atoms with Gasteiger partial charge in [-0.1, -0.05) is 17.7 Å². The van der Waals surface area contributed by atoms with Gasteiger partial charge in [0.05, 0.1) is 26.4 Å². The number of hydrogen-bond acceptors (Lipinski definition) is 5. The maximum atomic E-state index is 6.15. The molecule has 0 unspecified atom stereocenters. The second kappa shape index (κ2) is 8.72. The number of methoxy groups -OCH3 is 3. The first-order valence-corrected chi connectivity index (χ1v) is 9.47. The van der Waals surface area contributed by atoms with E-state index < -0.39 is 0 Å². The van der Waals surface area contributed by atoms with Gasteiger partial charge in [0.25, 0.3) is 0 Å². The normalized spacial score (nSPS) is 17.7. The van der Waals surface area contributed by atoms with Crippen LogP contribution in [0.4, 0.5) is 5.69 Å². The Balaban J connectivity index is 1.67. The molecule has 0 radical (unpaired) electrons. The number of halogens is 1. The van der Waals surface area contributed by atoms with Gasteiger partial charge in [0.2, 0.25) is 0 Å². The van der Waals surface area contributed by atoms with Gasteiger partial charge in [0.15, 0.2) is 11.5 Å². The minimum absolute atomic E-state index is 0.425. The van der Waals surface area contributed by atoms with Gasteiger partial charge in [-0.2, -0.15) is 0 Å². The minimum atomic E-state index is 0.425. The molecule has 1 aliphatic rings. The van der Waals surface area contributed by atoms with Crippen LogP contribution in [0.2, 0.25) is 5.02 Å². The highest BCUT2D eigenvalue weighted by Gasteiger charge is 2.24. The van der Waals surface area contributed by atoms with Crippen LogP contribution in [-0.2, 0) is 6.54 Å². The van der Waals surface area contributed by atoms with Crippen molar-refractivity contribution in [2.24, 2.45) is 0 Å². The molecule has 0 saturated carbocycles. The fraction of sp³-hybridized carbons (Fsp3) is 0.429. The molecular weight excluding hydrogens is 364 g/mol. The predicted molar refractivity (Wildman–Crippen MR) is 110 cm³/mol. The Labute approximate surface area is 166 Å². The molecule has 1 saturated heterocycles. The largest absolute Gasteiger partial charge is 0.495 e. The summed E-state index contributed by atoms with van der Waals surface area (Å²) >= 11 is 6.15. The van der Waals surface area contributed by atoms with E-state index in [0.717, 1.165) is 49.1 Å². The first-order chi connectivity index (χ1) is 13.0. The van der Waals surface area contributed by atoms with E-state index in [9.17, 15) is 0 Å². The molecule has 0 aliphatic carbocycles. The van der Waals surface area contributed by atoms with Gasteiger partial charge in [-0.15, -0.1) is 0 Å². The number of nitrogens with zero attached hydrogens (tertiary/aromatic N) is 2. The zero-order chi connectivity index (χ0) is 19.4. The van der Waals surface area contributed by atoms with Crippen LogP contribution in [0.5, 0.6) is 17.2 Å². The Bertz CT molecular complexity index is 784. The third kappa shape index (κ3) is 4.42. The lowest BCUT2D eigenvalue weighted by Gasteiger charge is -2.41. The van der Waals surface area contributed by atoms with Crippen molar-refractivity contribution in [3.63, 3.8) is 0 Å². The molecule has 5 nitrogen and oxygen atoms in total. The van der Waals surface area contributed by atoms with Crippen LogP contribution in [0.3, 0.4) is 0 Å². The summed E-state index contributed by atoms with van der Waals surface area (Å²) in [5.74, 6) is 2.25. The van der Waals surface area contributed by atoms with E-state index in [4.69, 9.17) is 25.8 Å². The van der Waals surface area contributed by atoms with Gasteiger partial charge >= 0.3 is 0 Å². The summed E-state index contributed by atoms with van der Waals surface area (Å²) in [4.78, 5) is 4.87. The molecule has 0 amide bonds. The number of hydrogen-bond donors (Lipinski definition) is 0. The van der Waals surface area contributed by atoms with Crippen LogP contribution >= 0.6 is 11.6 Å². The molecule has 6 heteroatoms. The van der Waals surface area contributed by atoms with E-state index >= 15 is 0 Å². The van der Waals surface area contributed by atoms with Crippen molar-refractivity contribution < 1.29 is 14.2 Å². The van der Waals surface area contributed by atoms with Gasteiger partial charge in [0.1, 0.15) is 5.75 Å². The highest BCUT2D eigenvalue weighted by atomic mass is 35.5. The lowest BCUT2D eigenvalue weighted by molar-refractivity contribution is 0.180. The molecule has 146 valence electrons. The van der Waals surface area contributed by atoms with Gasteiger partial charge < -0.3 is 19.1 Å². The zero-order valence-electron chi connectivity index (χ0n) is 16.4. The summed E-state index contributed by atoms with van der Waals surface area (Å²) in [5, 5.41) is 0.640. The summed E-state index contributed by atoms with van der Waals surface area (Å²) in [6.07, 6.45) is 0. The lowest BCUT2D eigenvalue weighted by atomic mass is 10.1. The molecular formula is C21H27ClN2O3. The second-order valence-electron chi connectivity index (χ2n) is 6.77. The SMILES string of the molecule is COc1cc(N2CCN(Cc3ccc(OC)c(OC)c3)[C@@H](C)C2)ccc1Cl. The summed E-state index contributed by atoms with van der Waals surface area (Å²) in [5.41, 5.74) is 2.37. The van der Waals surface area contributed by atoms with Crippen LogP contribution in [-0.4, -0.2) is 51.9 Å². The third-order valence-electron chi connectivity index (χ3n) is 5.10. The quantitative estimate of drug-likeness (QED) is 0.742. The predicted octanol–water partition coefficient (Wildman–Crippen LogP) is 4.08. The van der Waals surface area contributed by atoms with E-state index in [2.05, 4.69) is 34.9 Å². The van der Waals surface area contributed by atoms with Gasteiger partial charge in [0, 0.05) is 44.0 Å². The number of rotatable bonds is 6. The van der Waals surface area contributed by atoms with E-state index in [0.29, 0.717) is 11.1 Å². The van der Waals surface area contributed by atoms with Crippen molar-refractivity contribution >= 4 is 17.3 Å². The maximum absolute atomic E-state index is 6.15. The van der Waals surface area contributed by atoms with Crippen molar-refractivity contribution in [3.8, 4) is 17.2 Å². The molecule has 27 heavy (non-hydrogen) atoms. The monoisotopic (exact) mass is 390 g/mol. The fourth-order valence-electron chi connectivity index (χ4n) is 3.52. The van der Waals surface area contributed by atoms with Crippen molar-refractivity contribution in [2.45, 2.75) is 19.5 Å². The number of ether oxygens (including phenoxy) is 3. The number of piperazine rings is 1. The van der Waals surface area contributed by atoms with Crippen LogP contribution in [0, 0.1) is 0 Å². The molecule has 0 spiro atoms. The number of anilines is 1.